The first-order valence-corrected chi connectivity index (χ1v) is 7.29. The van der Waals surface area contributed by atoms with Gasteiger partial charge in [0, 0.05) is 26.2 Å². The number of thiophene rings is 1. The van der Waals surface area contributed by atoms with Gasteiger partial charge >= 0.3 is 5.97 Å². The molecule has 0 saturated carbocycles. The number of aryl methyl sites for hydroxylation is 1. The van der Waals surface area contributed by atoms with Crippen LogP contribution in [-0.4, -0.2) is 59.5 Å². The Bertz CT molecular complexity index is 464. The Hall–Kier alpha value is -1.40. The van der Waals surface area contributed by atoms with Crippen LogP contribution < -0.4 is 0 Å². The quantitative estimate of drug-likeness (QED) is 0.900. The van der Waals surface area contributed by atoms with Crippen molar-refractivity contribution in [2.24, 2.45) is 0 Å². The van der Waals surface area contributed by atoms with Crippen molar-refractivity contribution in [1.29, 1.82) is 0 Å². The molecule has 2 rings (SSSR count). The Kier molecular flexibility index (Phi) is 4.55. The van der Waals surface area contributed by atoms with Gasteiger partial charge in [0.05, 0.1) is 11.4 Å². The summed E-state index contributed by atoms with van der Waals surface area (Å²) in [4.78, 5) is 27.5. The van der Waals surface area contributed by atoms with Crippen LogP contribution in [0.4, 0.5) is 0 Å². The Morgan fingerprint density at radius 2 is 2.00 bits per heavy atom. The molecule has 1 fully saturated rings. The maximum absolute atomic E-state index is 12.4. The number of aliphatic carboxylic acids is 1. The minimum absolute atomic E-state index is 0.0568. The fourth-order valence-corrected chi connectivity index (χ4v) is 3.21. The second-order valence-corrected chi connectivity index (χ2v) is 5.51. The molecule has 1 aromatic rings. The maximum Gasteiger partial charge on any atom is 0.317 e. The van der Waals surface area contributed by atoms with Gasteiger partial charge in [0.1, 0.15) is 0 Å². The van der Waals surface area contributed by atoms with Crippen LogP contribution in [0.3, 0.4) is 0 Å². The molecular weight excluding hydrogens is 264 g/mol. The van der Waals surface area contributed by atoms with Gasteiger partial charge in [-0.3, -0.25) is 14.5 Å². The third-order valence-corrected chi connectivity index (χ3v) is 4.28. The summed E-state index contributed by atoms with van der Waals surface area (Å²) in [6, 6.07) is 2.00. The smallest absolute Gasteiger partial charge is 0.317 e. The van der Waals surface area contributed by atoms with Gasteiger partial charge < -0.3 is 10.0 Å². The van der Waals surface area contributed by atoms with E-state index in [1.54, 1.807) is 0 Å². The van der Waals surface area contributed by atoms with Crippen LogP contribution in [0.15, 0.2) is 11.4 Å². The second-order valence-electron chi connectivity index (χ2n) is 4.59. The van der Waals surface area contributed by atoms with Gasteiger partial charge in [-0.05, 0) is 23.4 Å². The third kappa shape index (κ3) is 3.33. The lowest BCUT2D eigenvalue weighted by Gasteiger charge is -2.33. The van der Waals surface area contributed by atoms with Gasteiger partial charge in [-0.1, -0.05) is 6.92 Å². The minimum Gasteiger partial charge on any atom is -0.480 e. The van der Waals surface area contributed by atoms with Crippen molar-refractivity contribution >= 4 is 23.2 Å². The van der Waals surface area contributed by atoms with E-state index in [1.807, 2.05) is 28.2 Å². The molecule has 0 aliphatic carbocycles. The highest BCUT2D eigenvalue weighted by atomic mass is 32.1. The number of carbonyl (C=O) groups is 2. The van der Waals surface area contributed by atoms with Crippen LogP contribution in [0.2, 0.25) is 0 Å². The molecule has 0 unspecified atom stereocenters. The molecule has 19 heavy (non-hydrogen) atoms. The molecule has 6 heteroatoms. The first kappa shape index (κ1) is 14.0. The number of nitrogens with zero attached hydrogens (tertiary/aromatic N) is 2. The standard InChI is InChI=1S/C13H18N2O3S/c1-2-10-3-8-19-12(10)13(18)15-6-4-14(5-7-15)9-11(16)17/h3,8H,2,4-7,9H2,1H3,(H,16,17). The molecule has 0 bridgehead atoms. The number of amides is 1. The van der Waals surface area contributed by atoms with E-state index < -0.39 is 5.97 Å². The number of carboxylic acid groups (broad SMARTS) is 1. The van der Waals surface area contributed by atoms with Gasteiger partial charge in [-0.2, -0.15) is 0 Å². The zero-order chi connectivity index (χ0) is 13.8. The average Bonchev–Trinajstić information content (AvgIpc) is 2.86. The van der Waals surface area contributed by atoms with Crippen LogP contribution >= 0.6 is 11.3 Å². The SMILES string of the molecule is CCc1ccsc1C(=O)N1CCN(CC(=O)O)CC1. The summed E-state index contributed by atoms with van der Waals surface area (Å²) in [6.45, 7) is 4.57. The number of carboxylic acids is 1. The topological polar surface area (TPSA) is 60.9 Å². The van der Waals surface area contributed by atoms with E-state index >= 15 is 0 Å². The van der Waals surface area contributed by atoms with Gasteiger partial charge in [0.25, 0.3) is 5.91 Å². The lowest BCUT2D eigenvalue weighted by atomic mass is 10.2. The molecule has 104 valence electrons. The summed E-state index contributed by atoms with van der Waals surface area (Å²) in [5, 5.41) is 10.7. The zero-order valence-electron chi connectivity index (χ0n) is 11.0. The Morgan fingerprint density at radius 1 is 1.32 bits per heavy atom. The molecule has 1 N–H and O–H groups in total. The van der Waals surface area contributed by atoms with Crippen molar-refractivity contribution in [2.45, 2.75) is 13.3 Å². The second kappa shape index (κ2) is 6.16. The van der Waals surface area contributed by atoms with Crippen molar-refractivity contribution in [3.05, 3.63) is 21.9 Å². The van der Waals surface area contributed by atoms with Gasteiger partial charge in [-0.15, -0.1) is 11.3 Å². The van der Waals surface area contributed by atoms with E-state index in [0.717, 1.165) is 16.9 Å². The van der Waals surface area contributed by atoms with Crippen molar-refractivity contribution in [3.63, 3.8) is 0 Å². The summed E-state index contributed by atoms with van der Waals surface area (Å²) >= 11 is 1.49. The number of rotatable bonds is 4. The first-order valence-electron chi connectivity index (χ1n) is 6.41. The van der Waals surface area contributed by atoms with E-state index in [0.29, 0.717) is 26.2 Å². The third-order valence-electron chi connectivity index (χ3n) is 3.34. The number of carbonyl (C=O) groups excluding carboxylic acids is 1. The van der Waals surface area contributed by atoms with Gasteiger partial charge in [0.2, 0.25) is 0 Å². The van der Waals surface area contributed by atoms with Crippen LogP contribution in [0.1, 0.15) is 22.2 Å². The molecule has 5 nitrogen and oxygen atoms in total. The average molecular weight is 282 g/mol. The Morgan fingerprint density at radius 3 is 2.58 bits per heavy atom. The van der Waals surface area contributed by atoms with Gasteiger partial charge in [0.15, 0.2) is 0 Å². The van der Waals surface area contributed by atoms with Gasteiger partial charge in [-0.25, -0.2) is 0 Å². The molecule has 1 aromatic heterocycles. The summed E-state index contributed by atoms with van der Waals surface area (Å²) in [5.74, 6) is -0.729. The van der Waals surface area contributed by atoms with E-state index in [9.17, 15) is 9.59 Å². The fraction of sp³-hybridized carbons (Fsp3) is 0.538. The molecule has 0 aromatic carbocycles. The fourth-order valence-electron chi connectivity index (χ4n) is 2.25. The van der Waals surface area contributed by atoms with E-state index in [2.05, 4.69) is 0 Å². The Labute approximate surface area is 116 Å². The summed E-state index contributed by atoms with van der Waals surface area (Å²) < 4.78 is 0. The minimum atomic E-state index is -0.814. The Balaban J connectivity index is 1.94. The number of hydrogen-bond acceptors (Lipinski definition) is 4. The number of hydrogen-bond donors (Lipinski definition) is 1. The lowest BCUT2D eigenvalue weighted by Crippen LogP contribution is -2.49. The molecule has 1 amide bonds. The largest absolute Gasteiger partial charge is 0.480 e. The molecule has 2 heterocycles. The summed E-state index contributed by atoms with van der Waals surface area (Å²) in [6.07, 6.45) is 0.865. The van der Waals surface area contributed by atoms with Crippen molar-refractivity contribution in [1.82, 2.24) is 9.80 Å². The van der Waals surface area contributed by atoms with E-state index in [1.165, 1.54) is 11.3 Å². The number of piperazine rings is 1. The normalized spacial score (nSPS) is 16.6. The van der Waals surface area contributed by atoms with Crippen LogP contribution in [0.25, 0.3) is 0 Å². The molecular formula is C13H18N2O3S. The van der Waals surface area contributed by atoms with Crippen LogP contribution in [0.5, 0.6) is 0 Å². The molecule has 1 aliphatic heterocycles. The lowest BCUT2D eigenvalue weighted by molar-refractivity contribution is -0.138. The van der Waals surface area contributed by atoms with Crippen molar-refractivity contribution in [2.75, 3.05) is 32.7 Å². The van der Waals surface area contributed by atoms with Crippen molar-refractivity contribution in [3.8, 4) is 0 Å². The molecule has 1 saturated heterocycles. The molecule has 0 radical (unpaired) electrons. The maximum atomic E-state index is 12.4. The highest BCUT2D eigenvalue weighted by molar-refractivity contribution is 7.12. The predicted molar refractivity (Wildman–Crippen MR) is 73.7 cm³/mol. The van der Waals surface area contributed by atoms with E-state index in [4.69, 9.17) is 5.11 Å². The van der Waals surface area contributed by atoms with Crippen molar-refractivity contribution < 1.29 is 14.7 Å². The summed E-state index contributed by atoms with van der Waals surface area (Å²) in [5.41, 5.74) is 1.10. The first-order chi connectivity index (χ1) is 9.11. The summed E-state index contributed by atoms with van der Waals surface area (Å²) in [7, 11) is 0. The predicted octanol–water partition coefficient (Wildman–Crippen LogP) is 1.15. The monoisotopic (exact) mass is 282 g/mol. The highest BCUT2D eigenvalue weighted by Gasteiger charge is 2.24. The van der Waals surface area contributed by atoms with Crippen LogP contribution in [0, 0.1) is 0 Å². The molecule has 0 spiro atoms. The highest BCUT2D eigenvalue weighted by Crippen LogP contribution is 2.20. The zero-order valence-corrected chi connectivity index (χ0v) is 11.8. The molecule has 0 atom stereocenters. The van der Waals surface area contributed by atoms with Crippen LogP contribution in [-0.2, 0) is 11.2 Å². The molecule has 1 aliphatic rings. The van der Waals surface area contributed by atoms with E-state index in [-0.39, 0.29) is 12.5 Å².